The van der Waals surface area contributed by atoms with Crippen LogP contribution in [-0.2, 0) is 10.0 Å². The van der Waals surface area contributed by atoms with Gasteiger partial charge >= 0.3 is 0 Å². The SMILES string of the molecule is CS(=O)(=O)Nc1cccc(C(=O)/C=C/c2ccc3ncccc3c2)c1. The average molecular weight is 352 g/mol. The van der Waals surface area contributed by atoms with Crippen LogP contribution in [-0.4, -0.2) is 25.4 Å². The molecule has 2 aromatic carbocycles. The zero-order valence-electron chi connectivity index (χ0n) is 13.5. The number of allylic oxidation sites excluding steroid dienone is 1. The number of benzene rings is 2. The van der Waals surface area contributed by atoms with Crippen molar-refractivity contribution in [1.29, 1.82) is 0 Å². The van der Waals surface area contributed by atoms with Gasteiger partial charge in [0.25, 0.3) is 0 Å². The molecule has 0 saturated heterocycles. The number of carbonyl (C=O) groups excluding carboxylic acids is 1. The lowest BCUT2D eigenvalue weighted by Crippen LogP contribution is -2.10. The van der Waals surface area contributed by atoms with Crippen LogP contribution in [0.4, 0.5) is 5.69 Å². The van der Waals surface area contributed by atoms with E-state index in [-0.39, 0.29) is 5.78 Å². The van der Waals surface area contributed by atoms with Gasteiger partial charge in [-0.05, 0) is 42.0 Å². The van der Waals surface area contributed by atoms with E-state index >= 15 is 0 Å². The summed E-state index contributed by atoms with van der Waals surface area (Å²) in [5.74, 6) is -0.205. The number of nitrogens with zero attached hydrogens (tertiary/aromatic N) is 1. The van der Waals surface area contributed by atoms with Crippen molar-refractivity contribution in [2.24, 2.45) is 0 Å². The summed E-state index contributed by atoms with van der Waals surface area (Å²) in [5, 5.41) is 0.997. The van der Waals surface area contributed by atoms with Crippen LogP contribution in [0.3, 0.4) is 0 Å². The maximum atomic E-state index is 12.3. The molecule has 5 nitrogen and oxygen atoms in total. The fourth-order valence-electron chi connectivity index (χ4n) is 2.42. The summed E-state index contributed by atoms with van der Waals surface area (Å²) < 4.78 is 24.9. The molecule has 0 aliphatic rings. The topological polar surface area (TPSA) is 76.1 Å². The van der Waals surface area contributed by atoms with Gasteiger partial charge in [0.05, 0.1) is 11.8 Å². The second-order valence-corrected chi connectivity index (χ2v) is 7.36. The van der Waals surface area contributed by atoms with Gasteiger partial charge in [0.15, 0.2) is 5.78 Å². The molecule has 6 heteroatoms. The normalized spacial score (nSPS) is 11.7. The van der Waals surface area contributed by atoms with E-state index in [9.17, 15) is 13.2 Å². The molecule has 0 saturated carbocycles. The van der Waals surface area contributed by atoms with E-state index in [4.69, 9.17) is 0 Å². The first kappa shape index (κ1) is 16.9. The summed E-state index contributed by atoms with van der Waals surface area (Å²) >= 11 is 0. The molecular weight excluding hydrogens is 336 g/mol. The second-order valence-electron chi connectivity index (χ2n) is 5.61. The van der Waals surface area contributed by atoms with E-state index < -0.39 is 10.0 Å². The molecule has 1 heterocycles. The van der Waals surface area contributed by atoms with Gasteiger partial charge in [-0.1, -0.05) is 30.3 Å². The van der Waals surface area contributed by atoms with Crippen LogP contribution in [0.5, 0.6) is 0 Å². The Morgan fingerprint density at radius 1 is 1.08 bits per heavy atom. The van der Waals surface area contributed by atoms with E-state index in [1.54, 1.807) is 30.5 Å². The molecule has 0 atom stereocenters. The Balaban J connectivity index is 1.81. The summed E-state index contributed by atoms with van der Waals surface area (Å²) in [6.45, 7) is 0. The lowest BCUT2D eigenvalue weighted by atomic mass is 10.1. The molecule has 1 aromatic heterocycles. The van der Waals surface area contributed by atoms with Gasteiger partial charge in [0, 0.05) is 22.8 Å². The van der Waals surface area contributed by atoms with E-state index in [0.29, 0.717) is 11.3 Å². The minimum atomic E-state index is -3.38. The first-order valence-corrected chi connectivity index (χ1v) is 9.45. The van der Waals surface area contributed by atoms with Crippen molar-refractivity contribution in [3.8, 4) is 0 Å². The van der Waals surface area contributed by atoms with Gasteiger partial charge in [-0.3, -0.25) is 14.5 Å². The number of anilines is 1. The highest BCUT2D eigenvalue weighted by Crippen LogP contribution is 2.16. The highest BCUT2D eigenvalue weighted by Gasteiger charge is 2.06. The summed E-state index contributed by atoms with van der Waals surface area (Å²) in [6, 6.07) is 15.9. The number of nitrogens with one attached hydrogen (secondary N) is 1. The molecule has 0 unspecified atom stereocenters. The molecule has 126 valence electrons. The zero-order valence-corrected chi connectivity index (χ0v) is 14.3. The van der Waals surface area contributed by atoms with Crippen LogP contribution in [0.2, 0.25) is 0 Å². The maximum Gasteiger partial charge on any atom is 0.229 e. The number of carbonyl (C=O) groups is 1. The summed E-state index contributed by atoms with van der Waals surface area (Å²) in [4.78, 5) is 16.6. The van der Waals surface area contributed by atoms with Gasteiger partial charge in [0.2, 0.25) is 10.0 Å². The third-order valence-electron chi connectivity index (χ3n) is 3.50. The quantitative estimate of drug-likeness (QED) is 0.563. The maximum absolute atomic E-state index is 12.3. The fourth-order valence-corrected chi connectivity index (χ4v) is 2.97. The number of rotatable bonds is 5. The van der Waals surface area contributed by atoms with Gasteiger partial charge in [-0.25, -0.2) is 8.42 Å². The van der Waals surface area contributed by atoms with Crippen molar-refractivity contribution in [2.75, 3.05) is 11.0 Å². The Labute approximate surface area is 146 Å². The Morgan fingerprint density at radius 3 is 2.72 bits per heavy atom. The molecule has 0 spiro atoms. The number of pyridine rings is 1. The lowest BCUT2D eigenvalue weighted by molar-refractivity contribution is 0.104. The summed E-state index contributed by atoms with van der Waals surface area (Å²) in [6.07, 6.45) is 6.00. The van der Waals surface area contributed by atoms with Crippen LogP contribution in [0.25, 0.3) is 17.0 Å². The van der Waals surface area contributed by atoms with Crippen LogP contribution in [0, 0.1) is 0 Å². The first-order chi connectivity index (χ1) is 11.9. The molecule has 3 aromatic rings. The van der Waals surface area contributed by atoms with E-state index in [2.05, 4.69) is 9.71 Å². The Kier molecular flexibility index (Phi) is 4.63. The largest absolute Gasteiger partial charge is 0.289 e. The lowest BCUT2D eigenvalue weighted by Gasteiger charge is -2.04. The number of aromatic nitrogens is 1. The first-order valence-electron chi connectivity index (χ1n) is 7.56. The van der Waals surface area contributed by atoms with Gasteiger partial charge < -0.3 is 0 Å². The van der Waals surface area contributed by atoms with E-state index in [0.717, 1.165) is 22.7 Å². The van der Waals surface area contributed by atoms with Crippen molar-refractivity contribution in [2.45, 2.75) is 0 Å². The minimum absolute atomic E-state index is 0.205. The van der Waals surface area contributed by atoms with Crippen molar-refractivity contribution < 1.29 is 13.2 Å². The van der Waals surface area contributed by atoms with Crippen LogP contribution in [0.1, 0.15) is 15.9 Å². The highest BCUT2D eigenvalue weighted by molar-refractivity contribution is 7.92. The molecule has 0 amide bonds. The Bertz CT molecular complexity index is 1070. The van der Waals surface area contributed by atoms with Crippen molar-refractivity contribution >= 4 is 38.5 Å². The van der Waals surface area contributed by atoms with Crippen LogP contribution >= 0.6 is 0 Å². The summed E-state index contributed by atoms with van der Waals surface area (Å²) in [5.41, 5.74) is 2.55. The molecular formula is C19H16N2O3S. The van der Waals surface area contributed by atoms with Gasteiger partial charge in [0.1, 0.15) is 0 Å². The molecule has 0 bridgehead atoms. The number of fused-ring (bicyclic) bond motifs is 1. The second kappa shape index (κ2) is 6.86. The van der Waals surface area contributed by atoms with E-state index in [1.165, 1.54) is 12.1 Å². The predicted molar refractivity (Wildman–Crippen MR) is 100 cm³/mol. The Hall–Kier alpha value is -2.99. The molecule has 0 fully saturated rings. The van der Waals surface area contributed by atoms with Gasteiger partial charge in [-0.2, -0.15) is 0 Å². The number of ketones is 1. The molecule has 0 aliphatic carbocycles. The standard InChI is InChI=1S/C19H16N2O3S/c1-25(23,24)21-17-6-2-4-16(13-17)19(22)10-8-14-7-9-18-15(12-14)5-3-11-20-18/h2-13,21H,1H3/b10-8+. The molecule has 25 heavy (non-hydrogen) atoms. The van der Waals surface area contributed by atoms with Crippen LogP contribution in [0.15, 0.2) is 66.9 Å². The minimum Gasteiger partial charge on any atom is -0.289 e. The highest BCUT2D eigenvalue weighted by atomic mass is 32.2. The third-order valence-corrected chi connectivity index (χ3v) is 4.11. The molecule has 0 radical (unpaired) electrons. The van der Waals surface area contributed by atoms with Crippen molar-refractivity contribution in [3.63, 3.8) is 0 Å². The zero-order chi connectivity index (χ0) is 17.9. The monoisotopic (exact) mass is 352 g/mol. The number of hydrogen-bond acceptors (Lipinski definition) is 4. The Morgan fingerprint density at radius 2 is 1.92 bits per heavy atom. The van der Waals surface area contributed by atoms with E-state index in [1.807, 2.05) is 30.3 Å². The average Bonchev–Trinajstić information content (AvgIpc) is 2.58. The van der Waals surface area contributed by atoms with Crippen molar-refractivity contribution in [1.82, 2.24) is 4.98 Å². The number of hydrogen-bond donors (Lipinski definition) is 1. The van der Waals surface area contributed by atoms with Gasteiger partial charge in [-0.15, -0.1) is 0 Å². The smallest absolute Gasteiger partial charge is 0.229 e. The molecule has 3 rings (SSSR count). The fraction of sp³-hybridized carbons (Fsp3) is 0.0526. The predicted octanol–water partition coefficient (Wildman–Crippen LogP) is 3.50. The summed E-state index contributed by atoms with van der Waals surface area (Å²) in [7, 11) is -3.38. The third kappa shape index (κ3) is 4.51. The van der Waals surface area contributed by atoms with Crippen LogP contribution < -0.4 is 4.72 Å². The van der Waals surface area contributed by atoms with Crippen molar-refractivity contribution in [3.05, 3.63) is 78.0 Å². The molecule has 1 N–H and O–H groups in total. The molecule has 0 aliphatic heterocycles. The number of sulfonamides is 1.